The second-order valence-electron chi connectivity index (χ2n) is 7.54. The minimum atomic E-state index is -0.840. The number of benzene rings is 2. The SMILES string of the molecule is O=C(O)c1cccc2c1N[C@H](c1ccccc1)[C@@H]1[C@H]3CC[C@@H](C3)[C@@H]21. The maximum Gasteiger partial charge on any atom is 0.337 e. The lowest BCUT2D eigenvalue weighted by molar-refractivity contribution is 0.0697. The van der Waals surface area contributed by atoms with Crippen LogP contribution >= 0.6 is 0 Å². The molecule has 3 nitrogen and oxygen atoms in total. The first-order valence-corrected chi connectivity index (χ1v) is 8.91. The molecule has 2 fully saturated rings. The highest BCUT2D eigenvalue weighted by atomic mass is 16.4. The summed E-state index contributed by atoms with van der Waals surface area (Å²) in [6.45, 7) is 0. The van der Waals surface area contributed by atoms with E-state index in [2.05, 4.69) is 35.6 Å². The molecule has 2 bridgehead atoms. The van der Waals surface area contributed by atoms with Crippen LogP contribution in [-0.2, 0) is 0 Å². The molecule has 2 aromatic carbocycles. The van der Waals surface area contributed by atoms with Crippen LogP contribution < -0.4 is 5.32 Å². The fraction of sp³-hybridized carbons (Fsp3) is 0.381. The summed E-state index contributed by atoms with van der Waals surface area (Å²) in [5.74, 6) is 1.73. The number of rotatable bonds is 2. The van der Waals surface area contributed by atoms with Crippen molar-refractivity contribution in [1.29, 1.82) is 0 Å². The Balaban J connectivity index is 1.69. The zero-order chi connectivity index (χ0) is 16.3. The highest BCUT2D eigenvalue weighted by molar-refractivity contribution is 5.95. The van der Waals surface area contributed by atoms with E-state index in [4.69, 9.17) is 0 Å². The van der Waals surface area contributed by atoms with E-state index in [0.29, 0.717) is 17.4 Å². The molecule has 5 rings (SSSR count). The van der Waals surface area contributed by atoms with Crippen LogP contribution in [0.1, 0.15) is 52.7 Å². The summed E-state index contributed by atoms with van der Waals surface area (Å²) in [7, 11) is 0. The third-order valence-corrected chi connectivity index (χ3v) is 6.51. The van der Waals surface area contributed by atoms with Gasteiger partial charge >= 0.3 is 5.97 Å². The van der Waals surface area contributed by atoms with Crippen LogP contribution in [0.25, 0.3) is 0 Å². The molecule has 5 atom stereocenters. The molecule has 0 aromatic heterocycles. The molecule has 1 heterocycles. The quantitative estimate of drug-likeness (QED) is 0.845. The molecule has 122 valence electrons. The van der Waals surface area contributed by atoms with E-state index in [-0.39, 0.29) is 6.04 Å². The fourth-order valence-corrected chi connectivity index (χ4v) is 5.68. The number of hydrogen-bond acceptors (Lipinski definition) is 2. The van der Waals surface area contributed by atoms with Gasteiger partial charge in [-0.05, 0) is 60.1 Å². The summed E-state index contributed by atoms with van der Waals surface area (Å²) >= 11 is 0. The summed E-state index contributed by atoms with van der Waals surface area (Å²) < 4.78 is 0. The number of anilines is 1. The Morgan fingerprint density at radius 3 is 2.58 bits per heavy atom. The second kappa shape index (κ2) is 5.10. The lowest BCUT2D eigenvalue weighted by Crippen LogP contribution is -2.36. The number of carbonyl (C=O) groups is 1. The number of hydrogen-bond donors (Lipinski definition) is 2. The lowest BCUT2D eigenvalue weighted by Gasteiger charge is -2.44. The normalized spacial score (nSPS) is 32.8. The van der Waals surface area contributed by atoms with Crippen LogP contribution in [0.2, 0.25) is 0 Å². The van der Waals surface area contributed by atoms with Crippen molar-refractivity contribution in [2.45, 2.75) is 31.2 Å². The molecule has 0 unspecified atom stereocenters. The molecule has 1 aliphatic heterocycles. The van der Waals surface area contributed by atoms with E-state index in [1.165, 1.54) is 30.4 Å². The van der Waals surface area contributed by atoms with Crippen LogP contribution in [0.3, 0.4) is 0 Å². The maximum absolute atomic E-state index is 11.7. The van der Waals surface area contributed by atoms with Crippen molar-refractivity contribution in [3.63, 3.8) is 0 Å². The molecular weight excluding hydrogens is 298 g/mol. The Bertz CT molecular complexity index is 801. The molecule has 0 radical (unpaired) electrons. The Morgan fingerprint density at radius 2 is 1.79 bits per heavy atom. The predicted molar refractivity (Wildman–Crippen MR) is 93.3 cm³/mol. The smallest absolute Gasteiger partial charge is 0.337 e. The number of fused-ring (bicyclic) bond motifs is 7. The van der Waals surface area contributed by atoms with Gasteiger partial charge < -0.3 is 10.4 Å². The van der Waals surface area contributed by atoms with Gasteiger partial charge in [0.15, 0.2) is 0 Å². The second-order valence-corrected chi connectivity index (χ2v) is 7.54. The molecule has 3 heteroatoms. The van der Waals surface area contributed by atoms with Gasteiger partial charge in [0, 0.05) is 0 Å². The Kier molecular flexibility index (Phi) is 2.99. The third kappa shape index (κ3) is 1.87. The van der Waals surface area contributed by atoms with Crippen molar-refractivity contribution >= 4 is 11.7 Å². The molecule has 0 amide bonds. The largest absolute Gasteiger partial charge is 0.478 e. The van der Waals surface area contributed by atoms with Gasteiger partial charge in [-0.25, -0.2) is 4.79 Å². The number of carboxylic acids is 1. The molecule has 2 aromatic rings. The first kappa shape index (κ1) is 14.1. The van der Waals surface area contributed by atoms with Gasteiger partial charge in [0.25, 0.3) is 0 Å². The average Bonchev–Trinajstić information content (AvgIpc) is 3.23. The number of nitrogens with one attached hydrogen (secondary N) is 1. The van der Waals surface area contributed by atoms with E-state index in [1.807, 2.05) is 12.1 Å². The fourth-order valence-electron chi connectivity index (χ4n) is 5.68. The van der Waals surface area contributed by atoms with Gasteiger partial charge in [-0.3, -0.25) is 0 Å². The molecule has 2 aliphatic carbocycles. The minimum Gasteiger partial charge on any atom is -0.478 e. The monoisotopic (exact) mass is 319 g/mol. The highest BCUT2D eigenvalue weighted by Gasteiger charge is 2.54. The highest BCUT2D eigenvalue weighted by Crippen LogP contribution is 2.63. The van der Waals surface area contributed by atoms with Gasteiger partial charge in [0.1, 0.15) is 0 Å². The first-order chi connectivity index (χ1) is 11.7. The van der Waals surface area contributed by atoms with E-state index in [9.17, 15) is 9.90 Å². The zero-order valence-corrected chi connectivity index (χ0v) is 13.5. The summed E-state index contributed by atoms with van der Waals surface area (Å²) in [5.41, 5.74) is 3.78. The number of para-hydroxylation sites is 1. The molecule has 0 saturated heterocycles. The van der Waals surface area contributed by atoms with E-state index in [1.54, 1.807) is 6.07 Å². The van der Waals surface area contributed by atoms with E-state index >= 15 is 0 Å². The summed E-state index contributed by atoms with van der Waals surface area (Å²) in [6, 6.07) is 16.6. The van der Waals surface area contributed by atoms with Crippen molar-refractivity contribution in [3.05, 3.63) is 65.2 Å². The van der Waals surface area contributed by atoms with Gasteiger partial charge in [-0.2, -0.15) is 0 Å². The van der Waals surface area contributed by atoms with Gasteiger partial charge in [-0.15, -0.1) is 0 Å². The van der Waals surface area contributed by atoms with Crippen molar-refractivity contribution in [2.24, 2.45) is 17.8 Å². The van der Waals surface area contributed by atoms with E-state index < -0.39 is 5.97 Å². The van der Waals surface area contributed by atoms with Crippen molar-refractivity contribution in [2.75, 3.05) is 5.32 Å². The summed E-state index contributed by atoms with van der Waals surface area (Å²) in [6.07, 6.45) is 3.92. The Morgan fingerprint density at radius 1 is 1.00 bits per heavy atom. The van der Waals surface area contributed by atoms with Crippen molar-refractivity contribution in [1.82, 2.24) is 0 Å². The van der Waals surface area contributed by atoms with Gasteiger partial charge in [-0.1, -0.05) is 42.5 Å². The zero-order valence-electron chi connectivity index (χ0n) is 13.5. The van der Waals surface area contributed by atoms with Crippen LogP contribution in [0.15, 0.2) is 48.5 Å². The standard InChI is InChI=1S/C21H21NO2/c23-21(24)16-8-4-7-15-17-13-9-10-14(11-13)18(17)19(22-20(15)16)12-5-2-1-3-6-12/h1-8,13-14,17-19,22H,9-11H2,(H,23,24)/t13-,14-,17-,18+,19+/m0/s1. The number of carboxylic acid groups (broad SMARTS) is 1. The first-order valence-electron chi connectivity index (χ1n) is 8.91. The maximum atomic E-state index is 11.7. The average molecular weight is 319 g/mol. The molecule has 0 spiro atoms. The van der Waals surface area contributed by atoms with E-state index in [0.717, 1.165) is 17.5 Å². The summed E-state index contributed by atoms with van der Waals surface area (Å²) in [4.78, 5) is 11.7. The molecule has 2 saturated carbocycles. The van der Waals surface area contributed by atoms with Crippen molar-refractivity contribution < 1.29 is 9.90 Å². The molecule has 24 heavy (non-hydrogen) atoms. The van der Waals surface area contributed by atoms with Gasteiger partial charge in [0.2, 0.25) is 0 Å². The van der Waals surface area contributed by atoms with Gasteiger partial charge in [0.05, 0.1) is 17.3 Å². The van der Waals surface area contributed by atoms with Crippen LogP contribution in [0, 0.1) is 17.8 Å². The third-order valence-electron chi connectivity index (χ3n) is 6.51. The van der Waals surface area contributed by atoms with Crippen LogP contribution in [0.5, 0.6) is 0 Å². The lowest BCUT2D eigenvalue weighted by atomic mass is 9.67. The van der Waals surface area contributed by atoms with Crippen molar-refractivity contribution in [3.8, 4) is 0 Å². The molecule has 2 N–H and O–H groups in total. The molecule has 3 aliphatic rings. The minimum absolute atomic E-state index is 0.222. The van der Waals surface area contributed by atoms with Crippen LogP contribution in [0.4, 0.5) is 5.69 Å². The topological polar surface area (TPSA) is 49.3 Å². The Labute approximate surface area is 141 Å². The molecular formula is C21H21NO2. The number of aromatic carboxylic acids is 1. The predicted octanol–water partition coefficient (Wildman–Crippen LogP) is 4.68. The summed E-state index contributed by atoms with van der Waals surface area (Å²) in [5, 5.41) is 13.3. The van der Waals surface area contributed by atoms with Crippen LogP contribution in [-0.4, -0.2) is 11.1 Å². The Hall–Kier alpha value is -2.29.